The number of methoxy groups -OCH3 is 1. The molecule has 2 rings (SSSR count). The molecule has 5 nitrogen and oxygen atoms in total. The molecule has 5 heteroatoms. The molecule has 2 fully saturated rings. The molecule has 0 bridgehead atoms. The molecule has 0 aliphatic carbocycles. The summed E-state index contributed by atoms with van der Waals surface area (Å²) in [7, 11) is 3.82. The van der Waals surface area contributed by atoms with E-state index in [1.54, 1.807) is 7.11 Å². The molecule has 0 amide bonds. The maximum Gasteiger partial charge on any atom is 0.140 e. The van der Waals surface area contributed by atoms with Crippen LogP contribution in [0.25, 0.3) is 0 Å². The van der Waals surface area contributed by atoms with E-state index in [1.165, 1.54) is 0 Å². The Morgan fingerprint density at radius 1 is 1.39 bits per heavy atom. The zero-order valence-electron chi connectivity index (χ0n) is 11.6. The molecule has 1 unspecified atom stereocenters. The number of ether oxygens (including phenoxy) is 2. The molecule has 2 aliphatic heterocycles. The van der Waals surface area contributed by atoms with Crippen molar-refractivity contribution in [1.29, 1.82) is 0 Å². The molecule has 0 aromatic carbocycles. The second kappa shape index (κ2) is 5.99. The summed E-state index contributed by atoms with van der Waals surface area (Å²) in [6, 6.07) is 0. The van der Waals surface area contributed by atoms with Gasteiger partial charge in [0.05, 0.1) is 24.0 Å². The average Bonchev–Trinajstić information content (AvgIpc) is 2.66. The second-order valence-corrected chi connectivity index (χ2v) is 5.33. The SMILES string of the molecule is COCCO/N=C1/CC2(CCN(C)CC2)OC1C. The Morgan fingerprint density at radius 3 is 2.78 bits per heavy atom. The van der Waals surface area contributed by atoms with Crippen LogP contribution in [0.5, 0.6) is 0 Å². The number of likely N-dealkylation sites (tertiary alicyclic amines) is 1. The summed E-state index contributed by atoms with van der Waals surface area (Å²) in [6.45, 7) is 5.34. The Balaban J connectivity index is 1.88. The van der Waals surface area contributed by atoms with Gasteiger partial charge >= 0.3 is 0 Å². The van der Waals surface area contributed by atoms with E-state index in [0.717, 1.165) is 38.1 Å². The summed E-state index contributed by atoms with van der Waals surface area (Å²) in [4.78, 5) is 7.61. The molecule has 0 radical (unpaired) electrons. The molecule has 2 heterocycles. The lowest BCUT2D eigenvalue weighted by atomic mass is 9.88. The first-order chi connectivity index (χ1) is 8.65. The van der Waals surface area contributed by atoms with Crippen LogP contribution in [0, 0.1) is 0 Å². The summed E-state index contributed by atoms with van der Waals surface area (Å²) in [6.07, 6.45) is 3.17. The summed E-state index contributed by atoms with van der Waals surface area (Å²) >= 11 is 0. The third-order valence-corrected chi connectivity index (χ3v) is 3.86. The van der Waals surface area contributed by atoms with Gasteiger partial charge in [0.15, 0.2) is 0 Å². The lowest BCUT2D eigenvalue weighted by Gasteiger charge is -2.36. The molecule has 0 N–H and O–H groups in total. The van der Waals surface area contributed by atoms with Gasteiger partial charge in [-0.2, -0.15) is 0 Å². The largest absolute Gasteiger partial charge is 0.393 e. The van der Waals surface area contributed by atoms with Gasteiger partial charge in [-0.3, -0.25) is 0 Å². The molecule has 104 valence electrons. The molecule has 0 aromatic heterocycles. The van der Waals surface area contributed by atoms with Gasteiger partial charge in [0.1, 0.15) is 6.61 Å². The Bertz CT molecular complexity index is 299. The molecule has 1 spiro atoms. The molecule has 2 saturated heterocycles. The van der Waals surface area contributed by atoms with Gasteiger partial charge in [-0.1, -0.05) is 5.16 Å². The molecular weight excluding hydrogens is 232 g/mol. The van der Waals surface area contributed by atoms with Crippen molar-refractivity contribution in [2.45, 2.75) is 37.9 Å². The number of rotatable bonds is 4. The van der Waals surface area contributed by atoms with Crippen molar-refractivity contribution >= 4 is 5.71 Å². The minimum atomic E-state index is 0.00930. The van der Waals surface area contributed by atoms with Crippen molar-refractivity contribution in [3.05, 3.63) is 0 Å². The highest BCUT2D eigenvalue weighted by atomic mass is 16.6. The summed E-state index contributed by atoms with van der Waals surface area (Å²) in [5, 5.41) is 4.21. The zero-order chi connectivity index (χ0) is 13.0. The third-order valence-electron chi connectivity index (χ3n) is 3.86. The fourth-order valence-electron chi connectivity index (χ4n) is 2.63. The Labute approximate surface area is 109 Å². The Kier molecular flexibility index (Phi) is 4.59. The van der Waals surface area contributed by atoms with Crippen molar-refractivity contribution in [2.24, 2.45) is 5.16 Å². The van der Waals surface area contributed by atoms with Crippen LogP contribution < -0.4 is 0 Å². The van der Waals surface area contributed by atoms with Crippen LogP contribution in [0.15, 0.2) is 5.16 Å². The topological polar surface area (TPSA) is 43.3 Å². The first-order valence-corrected chi connectivity index (χ1v) is 6.69. The predicted octanol–water partition coefficient (Wildman–Crippen LogP) is 1.28. The quantitative estimate of drug-likeness (QED) is 0.561. The van der Waals surface area contributed by atoms with Crippen molar-refractivity contribution in [2.75, 3.05) is 40.5 Å². The van der Waals surface area contributed by atoms with Crippen LogP contribution in [0.3, 0.4) is 0 Å². The van der Waals surface area contributed by atoms with Crippen LogP contribution in [0.4, 0.5) is 0 Å². The van der Waals surface area contributed by atoms with E-state index >= 15 is 0 Å². The van der Waals surface area contributed by atoms with E-state index in [4.69, 9.17) is 14.3 Å². The summed E-state index contributed by atoms with van der Waals surface area (Å²) < 4.78 is 11.1. The number of piperidine rings is 1. The zero-order valence-corrected chi connectivity index (χ0v) is 11.6. The van der Waals surface area contributed by atoms with Crippen LogP contribution in [0.2, 0.25) is 0 Å². The van der Waals surface area contributed by atoms with Crippen molar-refractivity contribution < 1.29 is 14.3 Å². The minimum absolute atomic E-state index is 0.00930. The van der Waals surface area contributed by atoms with Crippen molar-refractivity contribution in [1.82, 2.24) is 4.90 Å². The van der Waals surface area contributed by atoms with Gasteiger partial charge in [-0.05, 0) is 26.8 Å². The lowest BCUT2D eigenvalue weighted by Crippen LogP contribution is -2.42. The molecule has 0 aromatic rings. The van der Waals surface area contributed by atoms with E-state index in [1.807, 2.05) is 0 Å². The summed E-state index contributed by atoms with van der Waals surface area (Å²) in [5.74, 6) is 0. The summed E-state index contributed by atoms with van der Waals surface area (Å²) in [5.41, 5.74) is 1.05. The van der Waals surface area contributed by atoms with Crippen LogP contribution >= 0.6 is 0 Å². The van der Waals surface area contributed by atoms with E-state index < -0.39 is 0 Å². The van der Waals surface area contributed by atoms with E-state index in [-0.39, 0.29) is 11.7 Å². The monoisotopic (exact) mass is 256 g/mol. The molecule has 0 saturated carbocycles. The van der Waals surface area contributed by atoms with Gasteiger partial charge in [0.25, 0.3) is 0 Å². The normalized spacial score (nSPS) is 30.2. The highest BCUT2D eigenvalue weighted by Gasteiger charge is 2.44. The fraction of sp³-hybridized carbons (Fsp3) is 0.923. The third kappa shape index (κ3) is 3.22. The van der Waals surface area contributed by atoms with Gasteiger partial charge in [0, 0.05) is 26.6 Å². The van der Waals surface area contributed by atoms with Crippen molar-refractivity contribution in [3.8, 4) is 0 Å². The Hall–Kier alpha value is -0.650. The minimum Gasteiger partial charge on any atom is -0.393 e. The van der Waals surface area contributed by atoms with Crippen LogP contribution in [0.1, 0.15) is 26.2 Å². The smallest absolute Gasteiger partial charge is 0.140 e. The van der Waals surface area contributed by atoms with Gasteiger partial charge < -0.3 is 19.2 Å². The number of hydrogen-bond acceptors (Lipinski definition) is 5. The lowest BCUT2D eigenvalue weighted by molar-refractivity contribution is -0.0658. The highest BCUT2D eigenvalue weighted by molar-refractivity contribution is 5.90. The van der Waals surface area contributed by atoms with Gasteiger partial charge in [0.2, 0.25) is 0 Å². The van der Waals surface area contributed by atoms with E-state index in [9.17, 15) is 0 Å². The standard InChI is InChI=1S/C13H24N2O3/c1-11-12(14-17-9-8-16-3)10-13(18-11)4-6-15(2)7-5-13/h11H,4-10H2,1-3H3/b14-12-. The fourth-order valence-corrected chi connectivity index (χ4v) is 2.63. The van der Waals surface area contributed by atoms with Crippen molar-refractivity contribution in [3.63, 3.8) is 0 Å². The first-order valence-electron chi connectivity index (χ1n) is 6.69. The number of oxime groups is 1. The number of nitrogens with zero attached hydrogens (tertiary/aromatic N) is 2. The first kappa shape index (κ1) is 13.8. The van der Waals surface area contributed by atoms with Crippen LogP contribution in [-0.4, -0.2) is 62.8 Å². The second-order valence-electron chi connectivity index (χ2n) is 5.33. The van der Waals surface area contributed by atoms with E-state index in [2.05, 4.69) is 24.0 Å². The molecule has 1 atom stereocenters. The average molecular weight is 256 g/mol. The van der Waals surface area contributed by atoms with E-state index in [0.29, 0.717) is 13.2 Å². The molecule has 18 heavy (non-hydrogen) atoms. The molecular formula is C13H24N2O3. The maximum atomic E-state index is 6.14. The van der Waals surface area contributed by atoms with Gasteiger partial charge in [-0.15, -0.1) is 0 Å². The Morgan fingerprint density at radius 2 is 2.11 bits per heavy atom. The highest BCUT2D eigenvalue weighted by Crippen LogP contribution is 2.37. The van der Waals surface area contributed by atoms with Gasteiger partial charge in [-0.25, -0.2) is 0 Å². The molecule has 2 aliphatic rings. The number of hydrogen-bond donors (Lipinski definition) is 0. The van der Waals surface area contributed by atoms with Crippen LogP contribution in [-0.2, 0) is 14.3 Å². The maximum absolute atomic E-state index is 6.14. The predicted molar refractivity (Wildman–Crippen MR) is 69.9 cm³/mol.